The van der Waals surface area contributed by atoms with Gasteiger partial charge in [-0.05, 0) is 38.3 Å². The highest BCUT2D eigenvalue weighted by molar-refractivity contribution is 5.66. The summed E-state index contributed by atoms with van der Waals surface area (Å²) < 4.78 is 5.20. The van der Waals surface area contributed by atoms with E-state index in [1.807, 2.05) is 0 Å². The fourth-order valence-electron chi connectivity index (χ4n) is 2.41. The number of benzene rings is 1. The van der Waals surface area contributed by atoms with E-state index in [0.29, 0.717) is 17.8 Å². The smallest absolute Gasteiger partial charge is 0.321 e. The van der Waals surface area contributed by atoms with Gasteiger partial charge in [-0.3, -0.25) is 0 Å². The first-order chi connectivity index (χ1) is 10.0. The van der Waals surface area contributed by atoms with Gasteiger partial charge in [-0.15, -0.1) is 0 Å². The molecule has 5 heteroatoms. The summed E-state index contributed by atoms with van der Waals surface area (Å²) in [6.45, 7) is 9.15. The van der Waals surface area contributed by atoms with E-state index in [4.69, 9.17) is 4.74 Å². The van der Waals surface area contributed by atoms with Crippen LogP contribution in [0, 0.1) is 20.8 Å². The highest BCUT2D eigenvalue weighted by atomic mass is 16.5. The Kier molecular flexibility index (Phi) is 4.73. The molecule has 2 rings (SSSR count). The second kappa shape index (κ2) is 6.52. The number of hydrogen-bond acceptors (Lipinski definition) is 5. The Morgan fingerprint density at radius 3 is 2.29 bits per heavy atom. The van der Waals surface area contributed by atoms with Gasteiger partial charge in [0.05, 0.1) is 7.11 Å². The number of nitrogens with one attached hydrogen (secondary N) is 1. The van der Waals surface area contributed by atoms with E-state index >= 15 is 0 Å². The zero-order valence-electron chi connectivity index (χ0n) is 13.3. The average Bonchev–Trinajstić information content (AvgIpc) is 2.43. The van der Waals surface area contributed by atoms with Crippen LogP contribution in [0.2, 0.25) is 0 Å². The predicted molar refractivity (Wildman–Crippen MR) is 84.8 cm³/mol. The van der Waals surface area contributed by atoms with E-state index in [1.165, 1.54) is 5.56 Å². The van der Waals surface area contributed by atoms with E-state index in [1.54, 1.807) is 7.11 Å². The van der Waals surface area contributed by atoms with Crippen LogP contribution >= 0.6 is 0 Å². The van der Waals surface area contributed by atoms with Gasteiger partial charge in [0.1, 0.15) is 0 Å². The minimum atomic E-state index is 0.331. The number of methoxy groups -OCH3 is 1. The lowest BCUT2D eigenvalue weighted by Gasteiger charge is -2.12. The van der Waals surface area contributed by atoms with Gasteiger partial charge in [0, 0.05) is 12.1 Å². The quantitative estimate of drug-likeness (QED) is 0.914. The van der Waals surface area contributed by atoms with Crippen molar-refractivity contribution in [3.05, 3.63) is 28.8 Å². The van der Waals surface area contributed by atoms with Crippen LogP contribution in [-0.2, 0) is 0 Å². The van der Waals surface area contributed by atoms with Gasteiger partial charge in [0.15, 0.2) is 5.82 Å². The van der Waals surface area contributed by atoms with Gasteiger partial charge in [0.25, 0.3) is 0 Å². The molecule has 0 aliphatic carbocycles. The molecule has 1 heterocycles. The molecule has 0 aliphatic heterocycles. The number of hydrogen-bond donors (Lipinski definition) is 1. The summed E-state index contributed by atoms with van der Waals surface area (Å²) in [6.07, 6.45) is 1.01. The first kappa shape index (κ1) is 15.2. The number of nitrogens with zero attached hydrogens (tertiary/aromatic N) is 3. The van der Waals surface area contributed by atoms with Crippen LogP contribution in [0.4, 0.5) is 5.95 Å². The van der Waals surface area contributed by atoms with Gasteiger partial charge in [-0.25, -0.2) is 0 Å². The zero-order chi connectivity index (χ0) is 15.4. The molecule has 0 aliphatic rings. The molecule has 2 aromatic rings. The van der Waals surface area contributed by atoms with E-state index < -0.39 is 0 Å². The van der Waals surface area contributed by atoms with Crippen molar-refractivity contribution in [1.82, 2.24) is 15.0 Å². The van der Waals surface area contributed by atoms with Crippen molar-refractivity contribution >= 4 is 5.95 Å². The lowest BCUT2D eigenvalue weighted by molar-refractivity contribution is 0.379. The van der Waals surface area contributed by atoms with E-state index in [0.717, 1.165) is 29.7 Å². The van der Waals surface area contributed by atoms with E-state index in [2.05, 4.69) is 60.1 Å². The highest BCUT2D eigenvalue weighted by Gasteiger charge is 2.13. The van der Waals surface area contributed by atoms with Crippen molar-refractivity contribution in [3.63, 3.8) is 0 Å². The molecule has 0 unspecified atom stereocenters. The number of anilines is 1. The normalized spacial score (nSPS) is 10.5. The van der Waals surface area contributed by atoms with Crippen LogP contribution < -0.4 is 10.1 Å². The Balaban J connectivity index is 2.52. The fraction of sp³-hybridized carbons (Fsp3) is 0.438. The summed E-state index contributed by atoms with van der Waals surface area (Å²) in [5.74, 6) is 1.20. The van der Waals surface area contributed by atoms with Crippen molar-refractivity contribution < 1.29 is 4.74 Å². The summed E-state index contributed by atoms with van der Waals surface area (Å²) in [4.78, 5) is 13.2. The Morgan fingerprint density at radius 2 is 1.71 bits per heavy atom. The SMILES string of the molecule is CCCNc1nc(OC)nc(-c2c(C)cc(C)cc2C)n1. The van der Waals surface area contributed by atoms with Gasteiger partial charge in [0.2, 0.25) is 5.95 Å². The monoisotopic (exact) mass is 286 g/mol. The molecule has 0 spiro atoms. The Labute approximate surface area is 125 Å². The van der Waals surface area contributed by atoms with Crippen LogP contribution in [-0.4, -0.2) is 28.6 Å². The standard InChI is InChI=1S/C16H22N4O/c1-6-7-17-15-18-14(19-16(20-15)21-5)13-11(3)8-10(2)9-12(13)4/h8-9H,6-7H2,1-5H3,(H,17,18,19,20). The molecule has 5 nitrogen and oxygen atoms in total. The van der Waals surface area contributed by atoms with Gasteiger partial charge >= 0.3 is 6.01 Å². The number of rotatable bonds is 5. The lowest BCUT2D eigenvalue weighted by atomic mass is 9.99. The van der Waals surface area contributed by atoms with Crippen molar-refractivity contribution in [2.45, 2.75) is 34.1 Å². The molecule has 0 bridgehead atoms. The summed E-state index contributed by atoms with van der Waals surface area (Å²) in [5, 5.41) is 3.19. The number of aromatic nitrogens is 3. The Morgan fingerprint density at radius 1 is 1.05 bits per heavy atom. The van der Waals surface area contributed by atoms with Gasteiger partial charge in [-0.2, -0.15) is 15.0 Å². The first-order valence-corrected chi connectivity index (χ1v) is 7.17. The number of ether oxygens (including phenoxy) is 1. The van der Waals surface area contributed by atoms with Crippen molar-refractivity contribution in [3.8, 4) is 17.4 Å². The molecule has 1 N–H and O–H groups in total. The van der Waals surface area contributed by atoms with Crippen molar-refractivity contribution in [2.24, 2.45) is 0 Å². The third-order valence-electron chi connectivity index (χ3n) is 3.23. The zero-order valence-corrected chi connectivity index (χ0v) is 13.3. The third kappa shape index (κ3) is 3.48. The van der Waals surface area contributed by atoms with Gasteiger partial charge < -0.3 is 10.1 Å². The van der Waals surface area contributed by atoms with Crippen LogP contribution in [0.1, 0.15) is 30.0 Å². The summed E-state index contributed by atoms with van der Waals surface area (Å²) in [7, 11) is 1.57. The molecule has 0 saturated carbocycles. The molecule has 1 aromatic heterocycles. The molecule has 1 aromatic carbocycles. The molecule has 0 amide bonds. The number of aryl methyl sites for hydroxylation is 3. The highest BCUT2D eigenvalue weighted by Crippen LogP contribution is 2.27. The second-order valence-electron chi connectivity index (χ2n) is 5.17. The van der Waals surface area contributed by atoms with Crippen molar-refractivity contribution in [1.29, 1.82) is 0 Å². The predicted octanol–water partition coefficient (Wildman–Crippen LogP) is 3.29. The van der Waals surface area contributed by atoms with Crippen molar-refractivity contribution in [2.75, 3.05) is 19.0 Å². The maximum absolute atomic E-state index is 5.20. The van der Waals surface area contributed by atoms with E-state index in [-0.39, 0.29) is 0 Å². The molecule has 0 atom stereocenters. The summed E-state index contributed by atoms with van der Waals surface area (Å²) >= 11 is 0. The molecule has 21 heavy (non-hydrogen) atoms. The van der Waals surface area contributed by atoms with Crippen LogP contribution in [0.15, 0.2) is 12.1 Å². The average molecular weight is 286 g/mol. The van der Waals surface area contributed by atoms with E-state index in [9.17, 15) is 0 Å². The Bertz CT molecular complexity index is 617. The minimum Gasteiger partial charge on any atom is -0.467 e. The minimum absolute atomic E-state index is 0.331. The fourth-order valence-corrected chi connectivity index (χ4v) is 2.41. The topological polar surface area (TPSA) is 59.9 Å². The summed E-state index contributed by atoms with van der Waals surface area (Å²) in [6, 6.07) is 4.60. The summed E-state index contributed by atoms with van der Waals surface area (Å²) in [5.41, 5.74) is 4.59. The lowest BCUT2D eigenvalue weighted by Crippen LogP contribution is -2.08. The van der Waals surface area contributed by atoms with Crippen LogP contribution in [0.3, 0.4) is 0 Å². The molecular weight excluding hydrogens is 264 g/mol. The maximum atomic E-state index is 5.20. The molecule has 112 valence electrons. The Hall–Kier alpha value is -2.17. The maximum Gasteiger partial charge on any atom is 0.321 e. The van der Waals surface area contributed by atoms with Gasteiger partial charge in [-0.1, -0.05) is 24.6 Å². The molecule has 0 saturated heterocycles. The second-order valence-corrected chi connectivity index (χ2v) is 5.17. The molecule has 0 radical (unpaired) electrons. The van der Waals surface area contributed by atoms with Crippen LogP contribution in [0.25, 0.3) is 11.4 Å². The largest absolute Gasteiger partial charge is 0.467 e. The van der Waals surface area contributed by atoms with Crippen LogP contribution in [0.5, 0.6) is 6.01 Å². The molecule has 0 fully saturated rings. The first-order valence-electron chi connectivity index (χ1n) is 7.17. The third-order valence-corrected chi connectivity index (χ3v) is 3.23. The molecular formula is C16H22N4O.